The van der Waals surface area contributed by atoms with Gasteiger partial charge in [-0.15, -0.1) is 34.8 Å². The van der Waals surface area contributed by atoms with Crippen molar-refractivity contribution in [3.8, 4) is 11.5 Å². The largest absolute Gasteiger partial charge is 1.00 e. The van der Waals surface area contributed by atoms with Crippen LogP contribution in [0.2, 0.25) is 0 Å². The fourth-order valence-corrected chi connectivity index (χ4v) is 6.48. The number of aromatic nitrogens is 2. The van der Waals surface area contributed by atoms with E-state index < -0.39 is 9.84 Å². The van der Waals surface area contributed by atoms with E-state index >= 15 is 0 Å². The third-order valence-electron chi connectivity index (χ3n) is 7.00. The average Bonchev–Trinajstić information content (AvgIpc) is 3.67. The number of methoxy groups -OCH3 is 2. The number of alkyl halides is 3. The number of aromatic amines is 1. The Morgan fingerprint density at radius 1 is 0.745 bits per heavy atom. The van der Waals surface area contributed by atoms with Crippen molar-refractivity contribution in [3.05, 3.63) is 121 Å². The van der Waals surface area contributed by atoms with Crippen LogP contribution >= 0.6 is 34.8 Å². The van der Waals surface area contributed by atoms with Gasteiger partial charge in [-0.25, -0.2) is 8.42 Å². The SMILES string of the molecule is COc1ccc2[nH]cc(S(=O)(=O)c3ccccc3)c2c1.COc1ccc2c(c1)c(Cc1ccccc1)cn2CCCl.ClCCCl.[Na+].[OH-]. The van der Waals surface area contributed by atoms with Gasteiger partial charge in [0.25, 0.3) is 0 Å². The molecule has 0 aliphatic rings. The van der Waals surface area contributed by atoms with Crippen LogP contribution in [0.3, 0.4) is 0 Å². The number of H-pyrrole nitrogens is 1. The molecule has 0 fully saturated rings. The molecule has 2 aromatic heterocycles. The number of halogens is 3. The number of fused-ring (bicyclic) bond motifs is 2. The molecule has 244 valence electrons. The zero-order valence-corrected chi connectivity index (χ0v) is 31.6. The molecule has 2 N–H and O–H groups in total. The van der Waals surface area contributed by atoms with E-state index in [1.807, 2.05) is 12.1 Å². The Kier molecular flexibility index (Phi) is 17.2. The number of sulfone groups is 1. The van der Waals surface area contributed by atoms with Gasteiger partial charge >= 0.3 is 29.6 Å². The molecule has 0 unspecified atom stereocenters. The van der Waals surface area contributed by atoms with Crippen molar-refractivity contribution in [2.24, 2.45) is 0 Å². The molecule has 0 amide bonds. The van der Waals surface area contributed by atoms with Crippen LogP contribution in [0.4, 0.5) is 0 Å². The van der Waals surface area contributed by atoms with Crippen molar-refractivity contribution in [1.82, 2.24) is 9.55 Å². The van der Waals surface area contributed by atoms with E-state index in [2.05, 4.69) is 52.1 Å². The van der Waals surface area contributed by atoms with Crippen LogP contribution in [0.5, 0.6) is 11.5 Å². The molecule has 0 saturated heterocycles. The van der Waals surface area contributed by atoms with Crippen LogP contribution in [0.25, 0.3) is 21.8 Å². The topological polar surface area (TPSA) is 103 Å². The minimum absolute atomic E-state index is 0. The van der Waals surface area contributed by atoms with Crippen molar-refractivity contribution in [1.29, 1.82) is 0 Å². The average molecular weight is 726 g/mol. The van der Waals surface area contributed by atoms with E-state index in [0.29, 0.717) is 28.8 Å². The molecule has 4 aromatic carbocycles. The first-order valence-corrected chi connectivity index (χ1v) is 17.3. The molecule has 0 aliphatic carbocycles. The Morgan fingerprint density at radius 3 is 1.89 bits per heavy atom. The smallest absolute Gasteiger partial charge is 0.870 e. The molecule has 7 nitrogen and oxygen atoms in total. The van der Waals surface area contributed by atoms with Crippen molar-refractivity contribution in [2.45, 2.75) is 22.8 Å². The maximum Gasteiger partial charge on any atom is 1.00 e. The van der Waals surface area contributed by atoms with Crippen LogP contribution in [0.1, 0.15) is 11.1 Å². The quantitative estimate of drug-likeness (QED) is 0.151. The number of hydrogen-bond acceptors (Lipinski definition) is 5. The van der Waals surface area contributed by atoms with Gasteiger partial charge in [-0.3, -0.25) is 0 Å². The summed E-state index contributed by atoms with van der Waals surface area (Å²) in [4.78, 5) is 3.52. The fourth-order valence-electron chi connectivity index (χ4n) is 4.86. The van der Waals surface area contributed by atoms with E-state index in [-0.39, 0.29) is 44.8 Å². The Morgan fingerprint density at radius 2 is 1.32 bits per heavy atom. The minimum Gasteiger partial charge on any atom is -0.870 e. The van der Waals surface area contributed by atoms with Crippen LogP contribution in [0, 0.1) is 0 Å². The summed E-state index contributed by atoms with van der Waals surface area (Å²) in [5.74, 6) is 3.24. The van der Waals surface area contributed by atoms with Crippen LogP contribution < -0.4 is 39.0 Å². The second-order valence-electron chi connectivity index (χ2n) is 9.84. The van der Waals surface area contributed by atoms with Crippen molar-refractivity contribution in [3.63, 3.8) is 0 Å². The first-order valence-electron chi connectivity index (χ1n) is 14.2. The Balaban J connectivity index is 0.000000283. The zero-order valence-electron chi connectivity index (χ0n) is 26.5. The molecule has 0 bridgehead atoms. The van der Waals surface area contributed by atoms with E-state index in [9.17, 15) is 8.42 Å². The summed E-state index contributed by atoms with van der Waals surface area (Å²) in [6, 6.07) is 30.4. The van der Waals surface area contributed by atoms with Crippen molar-refractivity contribution >= 4 is 66.4 Å². The predicted molar refractivity (Wildman–Crippen MR) is 189 cm³/mol. The summed E-state index contributed by atoms with van der Waals surface area (Å²) in [5, 5.41) is 1.87. The molecule has 0 atom stereocenters. The number of hydrogen-bond donors (Lipinski definition) is 1. The summed E-state index contributed by atoms with van der Waals surface area (Å²) in [6.07, 6.45) is 4.64. The zero-order chi connectivity index (χ0) is 32.2. The summed E-state index contributed by atoms with van der Waals surface area (Å²) in [5.41, 5.74) is 4.59. The number of nitrogens with zero attached hydrogens (tertiary/aromatic N) is 1. The third kappa shape index (κ3) is 10.4. The molecule has 0 aliphatic heterocycles. The van der Waals surface area contributed by atoms with Crippen molar-refractivity contribution < 1.29 is 52.9 Å². The van der Waals surface area contributed by atoms with Crippen LogP contribution in [-0.2, 0) is 22.8 Å². The molecule has 6 aromatic rings. The summed E-state index contributed by atoms with van der Waals surface area (Å²) in [6.45, 7) is 0.819. The Labute approximate surface area is 313 Å². The number of rotatable bonds is 9. The third-order valence-corrected chi connectivity index (χ3v) is 9.55. The standard InChI is InChI=1S/C18H18ClNO.C15H13NO3S.C2H4Cl2.Na.H2O/c1-21-16-7-8-18-17(12-16)15(13-20(18)10-9-19)11-14-5-3-2-4-6-14;1-19-11-7-8-14-13(9-11)15(10-16-14)20(17,18)12-5-3-2-4-6-12;3-1-2-4;;/h2-8,12-13H,9-11H2,1H3;2-10,16H,1H3;1-2H2;;1H2/q;;;+1;/p-1. The van der Waals surface area contributed by atoms with Gasteiger partial charge in [0.2, 0.25) is 9.84 Å². The first-order chi connectivity index (χ1) is 21.9. The van der Waals surface area contributed by atoms with E-state index in [1.165, 1.54) is 28.2 Å². The number of nitrogens with one attached hydrogen (secondary N) is 1. The van der Waals surface area contributed by atoms with E-state index in [1.54, 1.807) is 62.8 Å². The van der Waals surface area contributed by atoms with Crippen molar-refractivity contribution in [2.75, 3.05) is 31.9 Å². The monoisotopic (exact) mass is 724 g/mol. The van der Waals surface area contributed by atoms with Gasteiger partial charge in [0, 0.05) is 58.4 Å². The van der Waals surface area contributed by atoms with E-state index in [0.717, 1.165) is 24.2 Å². The van der Waals surface area contributed by atoms with Gasteiger partial charge in [0.1, 0.15) is 11.5 Å². The normalized spacial score (nSPS) is 10.5. The second-order valence-corrected chi connectivity index (χ2v) is 12.9. The number of aryl methyl sites for hydroxylation is 1. The molecular weight excluding hydrogens is 690 g/mol. The fraction of sp³-hybridized carbons (Fsp3) is 0.200. The van der Waals surface area contributed by atoms with Gasteiger partial charge in [-0.1, -0.05) is 48.5 Å². The Hall–Kier alpha value is -2.66. The summed E-state index contributed by atoms with van der Waals surface area (Å²) < 4.78 is 38.0. The minimum atomic E-state index is -3.53. The van der Waals surface area contributed by atoms with Gasteiger partial charge in [0.05, 0.1) is 24.0 Å². The van der Waals surface area contributed by atoms with Gasteiger partial charge in [0.15, 0.2) is 0 Å². The van der Waals surface area contributed by atoms with Gasteiger partial charge < -0.3 is 24.5 Å². The summed E-state index contributed by atoms with van der Waals surface area (Å²) in [7, 11) is -0.277. The van der Waals surface area contributed by atoms with Gasteiger partial charge in [-0.2, -0.15) is 0 Å². The molecule has 47 heavy (non-hydrogen) atoms. The number of ether oxygens (including phenoxy) is 2. The first kappa shape index (κ1) is 40.5. The van der Waals surface area contributed by atoms with Crippen LogP contribution in [-0.4, -0.2) is 55.3 Å². The summed E-state index contributed by atoms with van der Waals surface area (Å²) >= 11 is 16.0. The van der Waals surface area contributed by atoms with E-state index in [4.69, 9.17) is 44.3 Å². The molecular formula is C35H36Cl3N2NaO5S. The molecule has 2 heterocycles. The maximum atomic E-state index is 12.6. The molecule has 0 saturated carbocycles. The number of benzene rings is 4. The molecule has 0 radical (unpaired) electrons. The molecule has 6 rings (SSSR count). The van der Waals surface area contributed by atoms with Crippen LogP contribution in [0.15, 0.2) is 119 Å². The van der Waals surface area contributed by atoms with Gasteiger partial charge in [-0.05, 0) is 66.1 Å². The maximum absolute atomic E-state index is 12.6. The Bertz CT molecular complexity index is 1920. The second kappa shape index (κ2) is 20.0. The predicted octanol–water partition coefficient (Wildman–Crippen LogP) is 5.78. The molecule has 0 spiro atoms. The molecule has 12 heteroatoms.